The molecule has 0 atom stereocenters. The average molecular weight is 326 g/mol. The maximum atomic E-state index is 11.7. The maximum absolute atomic E-state index is 11.7. The van der Waals surface area contributed by atoms with Crippen LogP contribution in [0.5, 0.6) is 17.2 Å². The highest BCUT2D eigenvalue weighted by atomic mass is 16.5. The van der Waals surface area contributed by atoms with Crippen LogP contribution in [0.2, 0.25) is 0 Å². The minimum Gasteiger partial charge on any atom is -0.493 e. The average Bonchev–Trinajstić information content (AvgIpc) is 2.64. The highest BCUT2D eigenvalue weighted by Crippen LogP contribution is 2.25. The van der Waals surface area contributed by atoms with E-state index < -0.39 is 0 Å². The number of ether oxygens (including phenoxy) is 3. The first-order valence-corrected chi connectivity index (χ1v) is 7.38. The molecule has 6 heteroatoms. The first-order valence-electron chi connectivity index (χ1n) is 7.38. The van der Waals surface area contributed by atoms with Crippen molar-refractivity contribution in [3.8, 4) is 23.3 Å². The Hall–Kier alpha value is -3.20. The summed E-state index contributed by atoms with van der Waals surface area (Å²) in [5, 5.41) is 11.4. The summed E-state index contributed by atoms with van der Waals surface area (Å²) >= 11 is 0. The van der Waals surface area contributed by atoms with Gasteiger partial charge in [-0.15, -0.1) is 0 Å². The summed E-state index contributed by atoms with van der Waals surface area (Å²) in [6, 6.07) is 15.9. The van der Waals surface area contributed by atoms with E-state index in [0.29, 0.717) is 36.0 Å². The molecule has 0 bridgehead atoms. The van der Waals surface area contributed by atoms with E-state index in [0.717, 1.165) is 0 Å². The third-order valence-electron chi connectivity index (χ3n) is 3.10. The fourth-order valence-electron chi connectivity index (χ4n) is 1.92. The van der Waals surface area contributed by atoms with E-state index in [1.54, 1.807) is 43.5 Å². The summed E-state index contributed by atoms with van der Waals surface area (Å²) < 4.78 is 16.1. The lowest BCUT2D eigenvalue weighted by Gasteiger charge is -2.11. The van der Waals surface area contributed by atoms with E-state index >= 15 is 0 Å². The second-order valence-electron chi connectivity index (χ2n) is 4.77. The van der Waals surface area contributed by atoms with Crippen LogP contribution < -0.4 is 19.5 Å². The van der Waals surface area contributed by atoms with Crippen LogP contribution in [0.3, 0.4) is 0 Å². The number of nitriles is 1. The maximum Gasteiger partial charge on any atom is 0.258 e. The van der Waals surface area contributed by atoms with Crippen molar-refractivity contribution in [1.29, 1.82) is 5.26 Å². The molecule has 0 aliphatic rings. The Kier molecular flexibility index (Phi) is 6.47. The molecule has 2 aromatic carbocycles. The number of amides is 1. The van der Waals surface area contributed by atoms with Crippen molar-refractivity contribution in [2.24, 2.45) is 0 Å². The highest BCUT2D eigenvalue weighted by molar-refractivity contribution is 5.77. The molecule has 124 valence electrons. The van der Waals surface area contributed by atoms with Gasteiger partial charge in [0.15, 0.2) is 18.1 Å². The molecule has 1 N–H and O–H groups in total. The van der Waals surface area contributed by atoms with E-state index in [1.165, 1.54) is 0 Å². The Labute approximate surface area is 140 Å². The Morgan fingerprint density at radius 2 is 1.79 bits per heavy atom. The van der Waals surface area contributed by atoms with Crippen molar-refractivity contribution in [2.75, 3.05) is 26.9 Å². The van der Waals surface area contributed by atoms with E-state index in [9.17, 15) is 4.79 Å². The molecule has 2 aromatic rings. The number of methoxy groups -OCH3 is 1. The van der Waals surface area contributed by atoms with Crippen molar-refractivity contribution in [3.63, 3.8) is 0 Å². The van der Waals surface area contributed by atoms with Crippen LogP contribution in [0.15, 0.2) is 48.5 Å². The third-order valence-corrected chi connectivity index (χ3v) is 3.10. The largest absolute Gasteiger partial charge is 0.493 e. The molecular weight excluding hydrogens is 308 g/mol. The number of benzene rings is 2. The number of carbonyl (C=O) groups excluding carboxylic acids is 1. The summed E-state index contributed by atoms with van der Waals surface area (Å²) in [4.78, 5) is 11.7. The second kappa shape index (κ2) is 9.06. The van der Waals surface area contributed by atoms with Crippen LogP contribution in [0.25, 0.3) is 0 Å². The van der Waals surface area contributed by atoms with Gasteiger partial charge in [0, 0.05) is 0 Å². The molecule has 0 fully saturated rings. The Balaban J connectivity index is 1.67. The zero-order valence-electron chi connectivity index (χ0n) is 13.3. The first-order chi connectivity index (χ1) is 11.7. The van der Waals surface area contributed by atoms with Crippen LogP contribution in [0.4, 0.5) is 0 Å². The van der Waals surface area contributed by atoms with Gasteiger partial charge < -0.3 is 19.5 Å². The first kappa shape index (κ1) is 17.2. The van der Waals surface area contributed by atoms with Gasteiger partial charge in [0.25, 0.3) is 5.91 Å². The molecular formula is C18H18N2O4. The number of nitrogens with zero attached hydrogens (tertiary/aromatic N) is 1. The van der Waals surface area contributed by atoms with Crippen molar-refractivity contribution < 1.29 is 19.0 Å². The summed E-state index contributed by atoms with van der Waals surface area (Å²) in [5.41, 5.74) is 0.542. The molecule has 0 aromatic heterocycles. The van der Waals surface area contributed by atoms with E-state index in [4.69, 9.17) is 19.5 Å². The Morgan fingerprint density at radius 1 is 1.08 bits per heavy atom. The number of hydrogen-bond donors (Lipinski definition) is 1. The molecule has 0 aliphatic heterocycles. The Morgan fingerprint density at radius 3 is 2.46 bits per heavy atom. The fraction of sp³-hybridized carbons (Fsp3) is 0.222. The Bertz CT molecular complexity index is 708. The molecule has 0 aliphatic carbocycles. The summed E-state index contributed by atoms with van der Waals surface area (Å²) in [7, 11) is 1.57. The molecule has 0 radical (unpaired) electrons. The van der Waals surface area contributed by atoms with Gasteiger partial charge in [-0.05, 0) is 36.4 Å². The molecule has 0 unspecified atom stereocenters. The topological polar surface area (TPSA) is 80.6 Å². The summed E-state index contributed by atoms with van der Waals surface area (Å²) in [5.74, 6) is 1.56. The minimum atomic E-state index is -0.247. The molecule has 0 spiro atoms. The van der Waals surface area contributed by atoms with Crippen molar-refractivity contribution in [1.82, 2.24) is 5.32 Å². The molecule has 0 heterocycles. The van der Waals surface area contributed by atoms with Crippen molar-refractivity contribution in [2.45, 2.75) is 0 Å². The standard InChI is InChI=1S/C18H18N2O4/c1-22-16-4-2-3-5-17(16)23-11-10-20-18(21)13-24-15-8-6-14(12-19)7-9-15/h2-9H,10-11,13H2,1H3,(H,20,21). The lowest BCUT2D eigenvalue weighted by Crippen LogP contribution is -2.32. The normalized spacial score (nSPS) is 9.67. The van der Waals surface area contributed by atoms with Crippen LogP contribution in [-0.2, 0) is 4.79 Å². The van der Waals surface area contributed by atoms with Crippen LogP contribution >= 0.6 is 0 Å². The molecule has 2 rings (SSSR count). The lowest BCUT2D eigenvalue weighted by atomic mass is 10.2. The predicted octanol–water partition coefficient (Wildman–Crippen LogP) is 2.14. The monoisotopic (exact) mass is 326 g/mol. The van der Waals surface area contributed by atoms with Crippen LogP contribution in [0.1, 0.15) is 5.56 Å². The number of nitrogens with one attached hydrogen (secondary N) is 1. The van der Waals surface area contributed by atoms with Gasteiger partial charge in [0.2, 0.25) is 0 Å². The molecule has 6 nitrogen and oxygen atoms in total. The third kappa shape index (κ3) is 5.21. The summed E-state index contributed by atoms with van der Waals surface area (Å²) in [6.45, 7) is 0.581. The van der Waals surface area contributed by atoms with Gasteiger partial charge >= 0.3 is 0 Å². The predicted molar refractivity (Wildman–Crippen MR) is 88.2 cm³/mol. The fourth-order valence-corrected chi connectivity index (χ4v) is 1.92. The lowest BCUT2D eigenvalue weighted by molar-refractivity contribution is -0.123. The molecule has 0 saturated carbocycles. The highest BCUT2D eigenvalue weighted by Gasteiger charge is 2.04. The molecule has 1 amide bonds. The van der Waals surface area contributed by atoms with E-state index in [1.807, 2.05) is 18.2 Å². The number of carbonyl (C=O) groups is 1. The van der Waals surface area contributed by atoms with Gasteiger partial charge in [-0.1, -0.05) is 12.1 Å². The van der Waals surface area contributed by atoms with Gasteiger partial charge in [-0.2, -0.15) is 5.26 Å². The van der Waals surface area contributed by atoms with Gasteiger partial charge in [-0.3, -0.25) is 4.79 Å². The van der Waals surface area contributed by atoms with Crippen LogP contribution in [-0.4, -0.2) is 32.8 Å². The number of hydrogen-bond acceptors (Lipinski definition) is 5. The summed E-state index contributed by atoms with van der Waals surface area (Å²) in [6.07, 6.45) is 0. The van der Waals surface area contributed by atoms with Crippen LogP contribution in [0, 0.1) is 11.3 Å². The second-order valence-corrected chi connectivity index (χ2v) is 4.77. The van der Waals surface area contributed by atoms with E-state index in [2.05, 4.69) is 5.32 Å². The zero-order valence-corrected chi connectivity index (χ0v) is 13.3. The van der Waals surface area contributed by atoms with Gasteiger partial charge in [0.05, 0.1) is 25.3 Å². The molecule has 0 saturated heterocycles. The van der Waals surface area contributed by atoms with Gasteiger partial charge in [0.1, 0.15) is 12.4 Å². The van der Waals surface area contributed by atoms with Crippen molar-refractivity contribution in [3.05, 3.63) is 54.1 Å². The quantitative estimate of drug-likeness (QED) is 0.752. The SMILES string of the molecule is COc1ccccc1OCCNC(=O)COc1ccc(C#N)cc1. The number of para-hydroxylation sites is 2. The van der Waals surface area contributed by atoms with Gasteiger partial charge in [-0.25, -0.2) is 0 Å². The minimum absolute atomic E-state index is 0.0967. The smallest absolute Gasteiger partial charge is 0.258 e. The molecule has 24 heavy (non-hydrogen) atoms. The van der Waals surface area contributed by atoms with E-state index in [-0.39, 0.29) is 12.5 Å². The van der Waals surface area contributed by atoms with Crippen molar-refractivity contribution >= 4 is 5.91 Å². The number of rotatable bonds is 8. The zero-order chi connectivity index (χ0) is 17.2.